The fourth-order valence-corrected chi connectivity index (χ4v) is 1.57. The van der Waals surface area contributed by atoms with E-state index >= 15 is 0 Å². The first-order valence-electron chi connectivity index (χ1n) is 4.15. The van der Waals surface area contributed by atoms with Crippen molar-refractivity contribution in [3.63, 3.8) is 0 Å². The topological polar surface area (TPSA) is 32.3 Å². The molecule has 0 spiro atoms. The van der Waals surface area contributed by atoms with E-state index in [1.807, 2.05) is 6.07 Å². The molecule has 0 unspecified atom stereocenters. The predicted molar refractivity (Wildman–Crippen MR) is 55.6 cm³/mol. The number of nitrogens with one attached hydrogen (secondary N) is 1. The Labute approximate surface area is 83.5 Å². The molecule has 0 atom stereocenters. The Morgan fingerprint density at radius 3 is 2.38 bits per heavy atom. The van der Waals surface area contributed by atoms with Gasteiger partial charge in [0, 0.05) is 5.02 Å². The lowest BCUT2D eigenvalue weighted by atomic mass is 9.87. The Morgan fingerprint density at radius 1 is 1.31 bits per heavy atom. The fraction of sp³-hybridized carbons (Fsp3) is 0.400. The predicted octanol–water partition coefficient (Wildman–Crippen LogP) is 3.44. The lowest BCUT2D eigenvalue weighted by Crippen LogP contribution is -2.12. The van der Waals surface area contributed by atoms with Crippen molar-refractivity contribution in [2.45, 2.75) is 26.2 Å². The van der Waals surface area contributed by atoms with Crippen molar-refractivity contribution in [2.75, 3.05) is 5.48 Å². The van der Waals surface area contributed by atoms with Crippen LogP contribution in [0.2, 0.25) is 5.02 Å². The molecular weight excluding hydrogens is 186 g/mol. The van der Waals surface area contributed by atoms with Gasteiger partial charge in [0.1, 0.15) is 0 Å². The van der Waals surface area contributed by atoms with Crippen LogP contribution in [-0.2, 0) is 5.41 Å². The highest BCUT2D eigenvalue weighted by Gasteiger charge is 2.17. The van der Waals surface area contributed by atoms with Gasteiger partial charge in [0.25, 0.3) is 0 Å². The monoisotopic (exact) mass is 199 g/mol. The second kappa shape index (κ2) is 3.56. The molecule has 0 amide bonds. The molecule has 3 heteroatoms. The largest absolute Gasteiger partial charge is 0.291 e. The molecule has 0 radical (unpaired) electrons. The lowest BCUT2D eigenvalue weighted by molar-refractivity contribution is 0.388. The molecule has 0 aromatic heterocycles. The summed E-state index contributed by atoms with van der Waals surface area (Å²) in [6.45, 7) is 6.24. The molecule has 0 fully saturated rings. The summed E-state index contributed by atoms with van der Waals surface area (Å²) >= 11 is 6.03. The molecule has 0 saturated heterocycles. The molecule has 1 aromatic rings. The van der Waals surface area contributed by atoms with Crippen molar-refractivity contribution in [2.24, 2.45) is 0 Å². The van der Waals surface area contributed by atoms with Gasteiger partial charge in [-0.1, -0.05) is 32.4 Å². The van der Waals surface area contributed by atoms with E-state index in [-0.39, 0.29) is 5.41 Å². The maximum atomic E-state index is 8.73. The molecule has 0 aliphatic rings. The van der Waals surface area contributed by atoms with Crippen LogP contribution >= 0.6 is 11.6 Å². The zero-order valence-corrected chi connectivity index (χ0v) is 8.81. The van der Waals surface area contributed by atoms with Crippen LogP contribution in [0, 0.1) is 0 Å². The first-order valence-corrected chi connectivity index (χ1v) is 4.53. The molecule has 0 aliphatic heterocycles. The number of hydrogen-bond acceptors (Lipinski definition) is 2. The average Bonchev–Trinajstić information content (AvgIpc) is 2.03. The molecule has 13 heavy (non-hydrogen) atoms. The van der Waals surface area contributed by atoms with Crippen LogP contribution in [0.25, 0.3) is 0 Å². The van der Waals surface area contributed by atoms with E-state index in [9.17, 15) is 0 Å². The second-order valence-electron chi connectivity index (χ2n) is 4.06. The maximum Gasteiger partial charge on any atom is 0.0606 e. The van der Waals surface area contributed by atoms with Crippen molar-refractivity contribution < 1.29 is 5.21 Å². The van der Waals surface area contributed by atoms with E-state index < -0.39 is 0 Å². The van der Waals surface area contributed by atoms with Crippen LogP contribution in [0.1, 0.15) is 26.3 Å². The van der Waals surface area contributed by atoms with Gasteiger partial charge in [-0.05, 0) is 29.2 Å². The minimum atomic E-state index is -0.00998. The summed E-state index contributed by atoms with van der Waals surface area (Å²) in [6.07, 6.45) is 0. The molecule has 2 nitrogen and oxygen atoms in total. The third kappa shape index (κ3) is 2.36. The highest BCUT2D eigenvalue weighted by molar-refractivity contribution is 6.31. The highest BCUT2D eigenvalue weighted by Crippen LogP contribution is 2.31. The van der Waals surface area contributed by atoms with Crippen LogP contribution < -0.4 is 5.48 Å². The third-order valence-corrected chi connectivity index (χ3v) is 2.23. The van der Waals surface area contributed by atoms with E-state index in [1.54, 1.807) is 12.1 Å². The number of anilines is 1. The first kappa shape index (κ1) is 10.4. The summed E-state index contributed by atoms with van der Waals surface area (Å²) in [6, 6.07) is 5.36. The van der Waals surface area contributed by atoms with E-state index in [0.717, 1.165) is 10.6 Å². The number of hydrogen-bond donors (Lipinski definition) is 2. The molecule has 0 bridgehead atoms. The quantitative estimate of drug-likeness (QED) is 0.680. The number of benzene rings is 1. The summed E-state index contributed by atoms with van der Waals surface area (Å²) in [5.41, 5.74) is 3.78. The van der Waals surface area contributed by atoms with Crippen molar-refractivity contribution in [3.8, 4) is 0 Å². The smallest absolute Gasteiger partial charge is 0.0606 e. The Kier molecular flexibility index (Phi) is 2.84. The van der Waals surface area contributed by atoms with Crippen LogP contribution in [0.5, 0.6) is 0 Å². The van der Waals surface area contributed by atoms with E-state index in [2.05, 4.69) is 26.3 Å². The molecule has 1 rings (SSSR count). The Hall–Kier alpha value is -0.730. The van der Waals surface area contributed by atoms with Crippen LogP contribution in [0.15, 0.2) is 18.2 Å². The van der Waals surface area contributed by atoms with Crippen molar-refractivity contribution in [1.29, 1.82) is 0 Å². The molecule has 72 valence electrons. The van der Waals surface area contributed by atoms with E-state index in [4.69, 9.17) is 16.8 Å². The fourth-order valence-electron chi connectivity index (χ4n) is 1.17. The zero-order valence-electron chi connectivity index (χ0n) is 8.06. The number of rotatable bonds is 1. The maximum absolute atomic E-state index is 8.73. The summed E-state index contributed by atoms with van der Waals surface area (Å²) in [7, 11) is 0. The Morgan fingerprint density at radius 2 is 1.92 bits per heavy atom. The van der Waals surface area contributed by atoms with Crippen molar-refractivity contribution in [3.05, 3.63) is 28.8 Å². The second-order valence-corrected chi connectivity index (χ2v) is 4.46. The summed E-state index contributed by atoms with van der Waals surface area (Å²) in [5, 5.41) is 9.45. The average molecular weight is 200 g/mol. The molecule has 1 aromatic carbocycles. The molecular formula is C10H14ClNO. The molecule has 0 aliphatic carbocycles. The van der Waals surface area contributed by atoms with Gasteiger partial charge < -0.3 is 0 Å². The van der Waals surface area contributed by atoms with Gasteiger partial charge in [-0.15, -0.1) is 0 Å². The van der Waals surface area contributed by atoms with Gasteiger partial charge in [0.15, 0.2) is 0 Å². The summed E-state index contributed by atoms with van der Waals surface area (Å²) in [4.78, 5) is 0. The van der Waals surface area contributed by atoms with Gasteiger partial charge in [0.05, 0.1) is 5.69 Å². The van der Waals surface area contributed by atoms with Gasteiger partial charge in [0.2, 0.25) is 0 Å². The molecule has 2 N–H and O–H groups in total. The van der Waals surface area contributed by atoms with Gasteiger partial charge >= 0.3 is 0 Å². The Balaban J connectivity index is 3.19. The van der Waals surface area contributed by atoms with Crippen molar-refractivity contribution >= 4 is 17.3 Å². The first-order chi connectivity index (χ1) is 5.95. The van der Waals surface area contributed by atoms with Gasteiger partial charge in [-0.2, -0.15) is 0 Å². The zero-order chi connectivity index (χ0) is 10.1. The van der Waals surface area contributed by atoms with Crippen LogP contribution in [0.3, 0.4) is 0 Å². The van der Waals surface area contributed by atoms with E-state index in [0.29, 0.717) is 5.69 Å². The lowest BCUT2D eigenvalue weighted by Gasteiger charge is -2.21. The van der Waals surface area contributed by atoms with Crippen molar-refractivity contribution in [1.82, 2.24) is 0 Å². The molecule has 0 heterocycles. The number of halogens is 1. The normalized spacial score (nSPS) is 11.5. The van der Waals surface area contributed by atoms with E-state index in [1.165, 1.54) is 0 Å². The van der Waals surface area contributed by atoms with Gasteiger partial charge in [-0.3, -0.25) is 10.7 Å². The Bertz CT molecular complexity index is 304. The van der Waals surface area contributed by atoms with Gasteiger partial charge in [-0.25, -0.2) is 0 Å². The minimum Gasteiger partial charge on any atom is -0.291 e. The van der Waals surface area contributed by atoms with Crippen LogP contribution in [-0.4, -0.2) is 5.21 Å². The highest BCUT2D eigenvalue weighted by atomic mass is 35.5. The SMILES string of the molecule is CC(C)(C)c1cc(NO)ccc1Cl. The third-order valence-electron chi connectivity index (χ3n) is 1.90. The standard InChI is InChI=1S/C10H14ClNO/c1-10(2,3)8-6-7(12-13)4-5-9(8)11/h4-6,12-13H,1-3H3. The molecule has 0 saturated carbocycles. The minimum absolute atomic E-state index is 0.00998. The summed E-state index contributed by atoms with van der Waals surface area (Å²) in [5.74, 6) is 0. The van der Waals surface area contributed by atoms with Crippen LogP contribution in [0.4, 0.5) is 5.69 Å². The summed E-state index contributed by atoms with van der Waals surface area (Å²) < 4.78 is 0.